The molecule has 0 atom stereocenters. The number of thiophene rings is 1. The molecule has 35 heavy (non-hydrogen) atoms. The molecule has 0 unspecified atom stereocenters. The molecule has 0 radical (unpaired) electrons. The molecule has 6 rings (SSSR count). The topological polar surface area (TPSA) is 75.6 Å². The van der Waals surface area contributed by atoms with Crippen LogP contribution in [0.15, 0.2) is 94.5 Å². The smallest absolute Gasteiger partial charge is 0.271 e. The average molecular weight is 503 g/mol. The second-order valence-corrected chi connectivity index (χ2v) is 10.1. The number of hydrogen-bond acceptors (Lipinski definition) is 3. The van der Waals surface area contributed by atoms with E-state index < -0.39 is 0 Å². The van der Waals surface area contributed by atoms with Crippen molar-refractivity contribution < 1.29 is 0 Å². The first kappa shape index (κ1) is 23.0. The Morgan fingerprint density at radius 1 is 0.743 bits per heavy atom. The van der Waals surface area contributed by atoms with Crippen LogP contribution in [0.4, 0.5) is 0 Å². The highest BCUT2D eigenvalue weighted by atomic mass is 35.5. The quantitative estimate of drug-likeness (QED) is 0.320. The number of fused-ring (bicyclic) bond motifs is 2. The molecule has 6 nitrogen and oxygen atoms in total. The summed E-state index contributed by atoms with van der Waals surface area (Å²) >= 11 is 7.41. The van der Waals surface area contributed by atoms with E-state index in [9.17, 15) is 9.59 Å². The minimum Gasteiger partial charge on any atom is -0.280 e. The molecule has 0 aliphatic heterocycles. The molecule has 0 bridgehead atoms. The molecule has 0 aliphatic carbocycles. The number of H-pyrrole nitrogens is 2. The van der Waals surface area contributed by atoms with Crippen molar-refractivity contribution in [3.63, 3.8) is 0 Å². The lowest BCUT2D eigenvalue weighted by atomic mass is 10.1. The maximum absolute atomic E-state index is 11.8. The van der Waals surface area contributed by atoms with Crippen LogP contribution in [-0.2, 0) is 13.1 Å². The summed E-state index contributed by atoms with van der Waals surface area (Å²) in [5, 5.41) is 7.18. The highest BCUT2D eigenvalue weighted by Crippen LogP contribution is 2.23. The van der Waals surface area contributed by atoms with E-state index in [0.717, 1.165) is 31.0 Å². The number of aromatic nitrogens is 4. The number of para-hydroxylation sites is 2. The lowest BCUT2D eigenvalue weighted by Gasteiger charge is -2.05. The van der Waals surface area contributed by atoms with E-state index in [1.54, 1.807) is 0 Å². The van der Waals surface area contributed by atoms with Crippen LogP contribution >= 0.6 is 22.9 Å². The maximum Gasteiger partial charge on any atom is 0.271 e. The van der Waals surface area contributed by atoms with E-state index in [4.69, 9.17) is 11.6 Å². The van der Waals surface area contributed by atoms with Crippen molar-refractivity contribution in [2.24, 2.45) is 0 Å². The Hall–Kier alpha value is -3.81. The maximum atomic E-state index is 11.8. The van der Waals surface area contributed by atoms with Gasteiger partial charge in [-0.25, -0.2) is 0 Å². The summed E-state index contributed by atoms with van der Waals surface area (Å²) in [7, 11) is 0. The van der Waals surface area contributed by atoms with Gasteiger partial charge in [0.05, 0.1) is 39.2 Å². The molecular formula is C27H23ClN4O2S. The Kier molecular flexibility index (Phi) is 6.44. The van der Waals surface area contributed by atoms with Crippen molar-refractivity contribution in [1.82, 2.24) is 19.6 Å². The Morgan fingerprint density at radius 2 is 1.34 bits per heavy atom. The van der Waals surface area contributed by atoms with Gasteiger partial charge >= 0.3 is 0 Å². The second-order valence-electron chi connectivity index (χ2n) is 8.28. The molecule has 176 valence electrons. The number of halogens is 1. The third-order valence-corrected chi connectivity index (χ3v) is 6.93. The fourth-order valence-corrected chi connectivity index (χ4v) is 5.20. The molecular weight excluding hydrogens is 480 g/mol. The molecule has 0 aliphatic rings. The first-order valence-electron chi connectivity index (χ1n) is 11.1. The van der Waals surface area contributed by atoms with Crippen LogP contribution in [0.1, 0.15) is 16.0 Å². The number of rotatable bonds is 4. The Balaban J connectivity index is 0.000000145. The van der Waals surface area contributed by atoms with Crippen molar-refractivity contribution in [2.75, 3.05) is 0 Å². The van der Waals surface area contributed by atoms with Gasteiger partial charge in [0.2, 0.25) is 0 Å². The van der Waals surface area contributed by atoms with Gasteiger partial charge in [-0.1, -0.05) is 65.7 Å². The van der Waals surface area contributed by atoms with Gasteiger partial charge in [-0.3, -0.25) is 29.2 Å². The summed E-state index contributed by atoms with van der Waals surface area (Å²) < 4.78 is 4.51. The summed E-state index contributed by atoms with van der Waals surface area (Å²) in [4.78, 5) is 24.6. The van der Waals surface area contributed by atoms with E-state index in [1.807, 2.05) is 76.1 Å². The number of benzene rings is 3. The van der Waals surface area contributed by atoms with Crippen LogP contribution in [-0.4, -0.2) is 19.6 Å². The normalized spacial score (nSPS) is 11.0. The Bertz CT molecular complexity index is 1740. The standard InChI is InChI=1S/C15H14N2O.C12H9ClN2OS/c1-11-5-4-6-12(9-11)10-17-14-8-3-2-7-13(14)15(18)16-17;13-11-6-5-8(17-11)7-15-10-4-2-1-3-9(10)12(16)14-15/h2-9H,10H2,1H3,(H,16,18);1-6H,7H2,(H,14,16). The van der Waals surface area contributed by atoms with Gasteiger partial charge in [-0.2, -0.15) is 0 Å². The summed E-state index contributed by atoms with van der Waals surface area (Å²) in [6.07, 6.45) is 0. The lowest BCUT2D eigenvalue weighted by Crippen LogP contribution is -2.06. The summed E-state index contributed by atoms with van der Waals surface area (Å²) in [5.41, 5.74) is 4.20. The molecule has 3 heterocycles. The summed E-state index contributed by atoms with van der Waals surface area (Å²) in [5.74, 6) is 0. The fraction of sp³-hybridized carbons (Fsp3) is 0.111. The van der Waals surface area contributed by atoms with Gasteiger partial charge in [-0.15, -0.1) is 11.3 Å². The van der Waals surface area contributed by atoms with Crippen LogP contribution in [0, 0.1) is 6.92 Å². The third-order valence-electron chi connectivity index (χ3n) is 5.72. The third kappa shape index (κ3) is 5.01. The first-order chi connectivity index (χ1) is 17.0. The van der Waals surface area contributed by atoms with E-state index in [-0.39, 0.29) is 11.1 Å². The van der Waals surface area contributed by atoms with Gasteiger partial charge in [0.1, 0.15) is 0 Å². The zero-order valence-corrected chi connectivity index (χ0v) is 20.6. The molecule has 0 saturated carbocycles. The van der Waals surface area contributed by atoms with Crippen molar-refractivity contribution in [2.45, 2.75) is 20.0 Å². The van der Waals surface area contributed by atoms with Crippen molar-refractivity contribution >= 4 is 44.7 Å². The molecule has 0 saturated heterocycles. The Labute approximate surface area is 210 Å². The van der Waals surface area contributed by atoms with Crippen molar-refractivity contribution in [3.05, 3.63) is 126 Å². The van der Waals surface area contributed by atoms with Gasteiger partial charge in [0.25, 0.3) is 11.1 Å². The van der Waals surface area contributed by atoms with E-state index in [0.29, 0.717) is 13.1 Å². The zero-order valence-electron chi connectivity index (χ0n) is 19.0. The number of aromatic amines is 2. The van der Waals surface area contributed by atoms with E-state index >= 15 is 0 Å². The summed E-state index contributed by atoms with van der Waals surface area (Å²) in [6.45, 7) is 3.39. The molecule has 0 amide bonds. The van der Waals surface area contributed by atoms with Gasteiger partial charge in [0.15, 0.2) is 0 Å². The fourth-order valence-electron chi connectivity index (χ4n) is 4.12. The molecule has 6 aromatic rings. The van der Waals surface area contributed by atoms with Gasteiger partial charge in [0, 0.05) is 4.88 Å². The monoisotopic (exact) mass is 502 g/mol. The number of hydrogen-bond donors (Lipinski definition) is 2. The lowest BCUT2D eigenvalue weighted by molar-refractivity contribution is 0.702. The van der Waals surface area contributed by atoms with Crippen molar-refractivity contribution in [3.8, 4) is 0 Å². The molecule has 3 aromatic heterocycles. The van der Waals surface area contributed by atoms with E-state index in [1.165, 1.54) is 22.5 Å². The summed E-state index contributed by atoms with van der Waals surface area (Å²) in [6, 6.07) is 27.3. The molecule has 0 spiro atoms. The highest BCUT2D eigenvalue weighted by Gasteiger charge is 2.07. The van der Waals surface area contributed by atoms with Crippen molar-refractivity contribution in [1.29, 1.82) is 0 Å². The molecule has 8 heteroatoms. The minimum atomic E-state index is -0.0525. The molecule has 2 N–H and O–H groups in total. The minimum absolute atomic E-state index is 0.0294. The predicted octanol–water partition coefficient (Wildman–Crippen LogP) is 5.78. The van der Waals surface area contributed by atoms with Gasteiger partial charge < -0.3 is 0 Å². The highest BCUT2D eigenvalue weighted by molar-refractivity contribution is 7.16. The van der Waals surface area contributed by atoms with Crippen LogP contribution in [0.2, 0.25) is 4.34 Å². The first-order valence-corrected chi connectivity index (χ1v) is 12.3. The number of nitrogens with zero attached hydrogens (tertiary/aromatic N) is 2. The molecule has 3 aromatic carbocycles. The predicted molar refractivity (Wildman–Crippen MR) is 144 cm³/mol. The van der Waals surface area contributed by atoms with Crippen LogP contribution < -0.4 is 11.1 Å². The number of nitrogens with one attached hydrogen (secondary N) is 2. The number of aryl methyl sites for hydroxylation is 1. The average Bonchev–Trinajstić information content (AvgIpc) is 3.51. The SMILES string of the molecule is Cc1cccc(Cn2[nH]c(=O)c3ccccc32)c1.O=c1[nH]n(Cc2ccc(Cl)s2)c2ccccc12. The largest absolute Gasteiger partial charge is 0.280 e. The zero-order chi connectivity index (χ0) is 24.4. The van der Waals surface area contributed by atoms with E-state index in [2.05, 4.69) is 35.3 Å². The van der Waals surface area contributed by atoms with Crippen LogP contribution in [0.25, 0.3) is 21.8 Å². The molecule has 0 fully saturated rings. The second kappa shape index (κ2) is 9.82. The van der Waals surface area contributed by atoms with Crippen LogP contribution in [0.5, 0.6) is 0 Å². The van der Waals surface area contributed by atoms with Gasteiger partial charge in [-0.05, 0) is 48.9 Å². The van der Waals surface area contributed by atoms with Crippen LogP contribution in [0.3, 0.4) is 0 Å². The Morgan fingerprint density at radius 3 is 1.91 bits per heavy atom.